The van der Waals surface area contributed by atoms with Crippen molar-refractivity contribution in [1.82, 2.24) is 0 Å². The molecule has 0 radical (unpaired) electrons. The van der Waals surface area contributed by atoms with Crippen molar-refractivity contribution >= 4 is 7.32 Å². The lowest BCUT2D eigenvalue weighted by molar-refractivity contribution is 0.129. The van der Waals surface area contributed by atoms with Crippen molar-refractivity contribution in [3.8, 4) is 0 Å². The maximum absolute atomic E-state index is 9.19. The van der Waals surface area contributed by atoms with Crippen LogP contribution >= 0.6 is 0 Å². The quantitative estimate of drug-likeness (QED) is 0.436. The van der Waals surface area contributed by atoms with E-state index in [1.165, 1.54) is 12.8 Å². The molecule has 0 saturated heterocycles. The van der Waals surface area contributed by atoms with Crippen LogP contribution in [-0.4, -0.2) is 25.6 Å². The van der Waals surface area contributed by atoms with Crippen molar-refractivity contribution < 1.29 is 14.3 Å². The van der Waals surface area contributed by atoms with Crippen molar-refractivity contribution in [3.63, 3.8) is 0 Å². The SMILES string of the molecule is CCCCCCOB(O)OCCCC. The second-order valence-corrected chi connectivity index (χ2v) is 3.46. The van der Waals surface area contributed by atoms with E-state index in [1.54, 1.807) is 0 Å². The Morgan fingerprint density at radius 2 is 1.43 bits per heavy atom. The van der Waals surface area contributed by atoms with Crippen LogP contribution < -0.4 is 0 Å². The van der Waals surface area contributed by atoms with E-state index in [9.17, 15) is 5.02 Å². The monoisotopic (exact) mass is 202 g/mol. The maximum Gasteiger partial charge on any atom is 0.636 e. The largest absolute Gasteiger partial charge is 0.636 e. The van der Waals surface area contributed by atoms with E-state index in [2.05, 4.69) is 13.8 Å². The molecule has 0 atom stereocenters. The van der Waals surface area contributed by atoms with Gasteiger partial charge in [0.1, 0.15) is 0 Å². The summed E-state index contributed by atoms with van der Waals surface area (Å²) < 4.78 is 10.1. The molecule has 0 heterocycles. The fraction of sp³-hybridized carbons (Fsp3) is 1.00. The van der Waals surface area contributed by atoms with E-state index >= 15 is 0 Å². The molecule has 4 heteroatoms. The molecule has 84 valence electrons. The summed E-state index contributed by atoms with van der Waals surface area (Å²) in [7, 11) is -1.02. The van der Waals surface area contributed by atoms with E-state index in [4.69, 9.17) is 9.31 Å². The molecule has 0 aliphatic carbocycles. The van der Waals surface area contributed by atoms with Gasteiger partial charge in [-0.25, -0.2) is 0 Å². The fourth-order valence-electron chi connectivity index (χ4n) is 1.09. The number of hydrogen-bond donors (Lipinski definition) is 1. The Bertz CT molecular complexity index is 112. The zero-order valence-corrected chi connectivity index (χ0v) is 9.50. The van der Waals surface area contributed by atoms with Gasteiger partial charge in [-0.3, -0.25) is 0 Å². The molecule has 0 aliphatic rings. The maximum atomic E-state index is 9.19. The second-order valence-electron chi connectivity index (χ2n) is 3.46. The van der Waals surface area contributed by atoms with Crippen LogP contribution in [-0.2, 0) is 9.31 Å². The fourth-order valence-corrected chi connectivity index (χ4v) is 1.09. The van der Waals surface area contributed by atoms with Crippen LogP contribution in [0.5, 0.6) is 0 Å². The third-order valence-electron chi connectivity index (χ3n) is 2.02. The molecule has 0 bridgehead atoms. The lowest BCUT2D eigenvalue weighted by atomic mass is 10.2. The van der Waals surface area contributed by atoms with Gasteiger partial charge in [0.25, 0.3) is 0 Å². The van der Waals surface area contributed by atoms with Gasteiger partial charge in [-0.2, -0.15) is 0 Å². The third-order valence-corrected chi connectivity index (χ3v) is 2.02. The van der Waals surface area contributed by atoms with Crippen molar-refractivity contribution in [3.05, 3.63) is 0 Å². The van der Waals surface area contributed by atoms with Gasteiger partial charge in [0.2, 0.25) is 0 Å². The van der Waals surface area contributed by atoms with E-state index in [-0.39, 0.29) is 0 Å². The van der Waals surface area contributed by atoms with Crippen molar-refractivity contribution in [1.29, 1.82) is 0 Å². The van der Waals surface area contributed by atoms with Gasteiger partial charge in [-0.15, -0.1) is 0 Å². The number of rotatable bonds is 10. The lowest BCUT2D eigenvalue weighted by Gasteiger charge is -2.07. The Kier molecular flexibility index (Phi) is 11.0. The van der Waals surface area contributed by atoms with Gasteiger partial charge < -0.3 is 14.3 Å². The molecule has 0 aliphatic heterocycles. The third kappa shape index (κ3) is 10.0. The van der Waals surface area contributed by atoms with E-state index < -0.39 is 7.32 Å². The van der Waals surface area contributed by atoms with E-state index in [0.29, 0.717) is 13.2 Å². The Morgan fingerprint density at radius 3 is 2.00 bits per heavy atom. The minimum Gasteiger partial charge on any atom is -0.402 e. The van der Waals surface area contributed by atoms with Crippen LogP contribution in [0.15, 0.2) is 0 Å². The van der Waals surface area contributed by atoms with Gasteiger partial charge in [-0.1, -0.05) is 39.5 Å². The van der Waals surface area contributed by atoms with Crippen molar-refractivity contribution in [2.75, 3.05) is 13.2 Å². The predicted molar refractivity (Wildman–Crippen MR) is 58.9 cm³/mol. The molecule has 0 aromatic carbocycles. The average molecular weight is 202 g/mol. The minimum absolute atomic E-state index is 0.576. The van der Waals surface area contributed by atoms with Crippen LogP contribution in [0.1, 0.15) is 52.4 Å². The molecule has 0 aromatic rings. The topological polar surface area (TPSA) is 38.7 Å². The summed E-state index contributed by atoms with van der Waals surface area (Å²) in [6.45, 7) is 5.42. The highest BCUT2D eigenvalue weighted by Gasteiger charge is 2.13. The number of unbranched alkanes of at least 4 members (excludes halogenated alkanes) is 4. The van der Waals surface area contributed by atoms with Crippen LogP contribution in [0.3, 0.4) is 0 Å². The van der Waals surface area contributed by atoms with Gasteiger partial charge in [0.05, 0.1) is 0 Å². The second kappa shape index (κ2) is 11.0. The van der Waals surface area contributed by atoms with Crippen LogP contribution in [0.2, 0.25) is 0 Å². The Balaban J connectivity index is 3.06. The molecule has 0 rings (SSSR count). The Morgan fingerprint density at radius 1 is 0.857 bits per heavy atom. The van der Waals surface area contributed by atoms with Crippen molar-refractivity contribution in [2.45, 2.75) is 52.4 Å². The molecule has 0 amide bonds. The smallest absolute Gasteiger partial charge is 0.402 e. The summed E-state index contributed by atoms with van der Waals surface area (Å²) in [6, 6.07) is 0. The highest BCUT2D eigenvalue weighted by molar-refractivity contribution is 6.34. The summed E-state index contributed by atoms with van der Waals surface area (Å²) in [6.07, 6.45) is 6.66. The standard InChI is InChI=1S/C10H23BO3/c1-3-5-7-8-10-14-11(12)13-9-6-4-2/h12H,3-10H2,1-2H3. The first-order valence-corrected chi connectivity index (χ1v) is 5.72. The highest BCUT2D eigenvalue weighted by Crippen LogP contribution is 2.00. The first-order valence-electron chi connectivity index (χ1n) is 5.72. The Hall–Kier alpha value is -0.0551. The summed E-state index contributed by atoms with van der Waals surface area (Å²) >= 11 is 0. The van der Waals surface area contributed by atoms with Gasteiger partial charge in [0, 0.05) is 13.2 Å². The average Bonchev–Trinajstić information content (AvgIpc) is 2.18. The first kappa shape index (κ1) is 13.9. The predicted octanol–water partition coefficient (Wildman–Crippen LogP) is 2.38. The zero-order chi connectivity index (χ0) is 10.6. The molecular weight excluding hydrogens is 179 g/mol. The van der Waals surface area contributed by atoms with Crippen LogP contribution in [0.25, 0.3) is 0 Å². The minimum atomic E-state index is -1.02. The molecule has 0 aromatic heterocycles. The molecule has 3 nitrogen and oxygen atoms in total. The van der Waals surface area contributed by atoms with Crippen molar-refractivity contribution in [2.24, 2.45) is 0 Å². The molecule has 0 saturated carbocycles. The van der Waals surface area contributed by atoms with Gasteiger partial charge in [-0.05, 0) is 12.8 Å². The van der Waals surface area contributed by atoms with Crippen LogP contribution in [0.4, 0.5) is 0 Å². The van der Waals surface area contributed by atoms with Gasteiger partial charge in [0.15, 0.2) is 0 Å². The zero-order valence-electron chi connectivity index (χ0n) is 9.50. The molecule has 0 fully saturated rings. The molecule has 0 spiro atoms. The molecule has 14 heavy (non-hydrogen) atoms. The number of hydrogen-bond acceptors (Lipinski definition) is 3. The lowest BCUT2D eigenvalue weighted by Crippen LogP contribution is -2.23. The van der Waals surface area contributed by atoms with E-state index in [0.717, 1.165) is 25.7 Å². The molecular formula is C10H23BO3. The summed E-state index contributed by atoms with van der Waals surface area (Å²) in [5.41, 5.74) is 0. The Labute approximate surface area is 88.0 Å². The highest BCUT2D eigenvalue weighted by atomic mass is 16.7. The summed E-state index contributed by atoms with van der Waals surface area (Å²) in [4.78, 5) is 0. The summed E-state index contributed by atoms with van der Waals surface area (Å²) in [5, 5.41) is 9.19. The van der Waals surface area contributed by atoms with E-state index in [1.807, 2.05) is 0 Å². The first-order chi connectivity index (χ1) is 6.81. The summed E-state index contributed by atoms with van der Waals surface area (Å²) in [5.74, 6) is 0. The normalized spacial score (nSPS) is 10.5. The van der Waals surface area contributed by atoms with Crippen LogP contribution in [0, 0.1) is 0 Å². The van der Waals surface area contributed by atoms with Gasteiger partial charge >= 0.3 is 7.32 Å². The molecule has 0 unspecified atom stereocenters. The molecule has 1 N–H and O–H groups in total.